The van der Waals surface area contributed by atoms with Gasteiger partial charge in [0.25, 0.3) is 5.91 Å². The molecule has 1 aliphatic rings. The molecule has 2 aromatic heterocycles. The smallest absolute Gasteiger partial charge is 0.293 e. The molecule has 1 aliphatic heterocycles. The Kier molecular flexibility index (Phi) is 6.72. The number of carbonyl (C=O) groups excluding carboxylic acids is 1. The van der Waals surface area contributed by atoms with Crippen molar-refractivity contribution in [3.05, 3.63) is 66.1 Å². The first kappa shape index (κ1) is 23.2. The molecular weight excluding hydrogens is 462 g/mol. The number of fused-ring (bicyclic) bond motifs is 1. The van der Waals surface area contributed by atoms with Crippen LogP contribution in [0.2, 0.25) is 0 Å². The average molecular weight is 488 g/mol. The number of benzene rings is 2. The SMILES string of the molecule is COc1ccc(NC(=O)c2nc(N)nc(N3CCOCC3)n2)cc1OCc1ccc2ccccc2n1. The van der Waals surface area contributed by atoms with E-state index in [-0.39, 0.29) is 18.4 Å². The van der Waals surface area contributed by atoms with E-state index >= 15 is 0 Å². The summed E-state index contributed by atoms with van der Waals surface area (Å²) in [5.41, 5.74) is 7.98. The van der Waals surface area contributed by atoms with E-state index in [0.29, 0.717) is 49.4 Å². The zero-order valence-corrected chi connectivity index (χ0v) is 19.7. The van der Waals surface area contributed by atoms with Crippen molar-refractivity contribution < 1.29 is 19.0 Å². The molecule has 4 aromatic rings. The molecule has 0 spiro atoms. The molecule has 3 N–H and O–H groups in total. The number of morpholine rings is 1. The number of nitrogen functional groups attached to an aromatic ring is 1. The van der Waals surface area contributed by atoms with Crippen molar-refractivity contribution in [2.75, 3.05) is 49.4 Å². The Bertz CT molecular complexity index is 1390. The van der Waals surface area contributed by atoms with Crippen LogP contribution in [0.5, 0.6) is 11.5 Å². The number of rotatable bonds is 7. The van der Waals surface area contributed by atoms with Gasteiger partial charge in [0.15, 0.2) is 11.5 Å². The van der Waals surface area contributed by atoms with Gasteiger partial charge in [0.2, 0.25) is 17.7 Å². The number of amides is 1. The Morgan fingerprint density at radius 2 is 1.86 bits per heavy atom. The fourth-order valence-electron chi connectivity index (χ4n) is 3.78. The summed E-state index contributed by atoms with van der Waals surface area (Å²) in [6, 6.07) is 16.9. The summed E-state index contributed by atoms with van der Waals surface area (Å²) in [6.07, 6.45) is 0. The Hall–Kier alpha value is -4.51. The first-order chi connectivity index (χ1) is 17.6. The molecule has 2 aromatic carbocycles. The molecule has 0 radical (unpaired) electrons. The Morgan fingerprint density at radius 3 is 2.69 bits per heavy atom. The minimum absolute atomic E-state index is 0.0294. The number of hydrogen-bond acceptors (Lipinski definition) is 10. The van der Waals surface area contributed by atoms with Crippen LogP contribution in [0.25, 0.3) is 10.9 Å². The maximum Gasteiger partial charge on any atom is 0.293 e. The van der Waals surface area contributed by atoms with Gasteiger partial charge in [-0.05, 0) is 24.3 Å². The molecule has 3 heterocycles. The number of pyridine rings is 1. The summed E-state index contributed by atoms with van der Waals surface area (Å²) in [4.78, 5) is 31.9. The van der Waals surface area contributed by atoms with Gasteiger partial charge in [-0.15, -0.1) is 0 Å². The highest BCUT2D eigenvalue weighted by atomic mass is 16.5. The monoisotopic (exact) mass is 487 g/mol. The number of nitrogens with zero attached hydrogens (tertiary/aromatic N) is 5. The predicted molar refractivity (Wildman–Crippen MR) is 134 cm³/mol. The van der Waals surface area contributed by atoms with Crippen molar-refractivity contribution in [1.82, 2.24) is 19.9 Å². The number of methoxy groups -OCH3 is 1. The van der Waals surface area contributed by atoms with Crippen LogP contribution < -0.4 is 25.4 Å². The lowest BCUT2D eigenvalue weighted by atomic mass is 10.2. The van der Waals surface area contributed by atoms with Crippen LogP contribution >= 0.6 is 0 Å². The van der Waals surface area contributed by atoms with E-state index in [2.05, 4.69) is 25.3 Å². The van der Waals surface area contributed by atoms with Crippen LogP contribution in [0.4, 0.5) is 17.6 Å². The Morgan fingerprint density at radius 1 is 1.03 bits per heavy atom. The maximum atomic E-state index is 12.9. The number of carbonyl (C=O) groups is 1. The number of aromatic nitrogens is 4. The summed E-state index contributed by atoms with van der Waals surface area (Å²) in [6.45, 7) is 2.55. The molecule has 0 atom stereocenters. The van der Waals surface area contributed by atoms with E-state index in [1.54, 1.807) is 25.3 Å². The predicted octanol–water partition coefficient (Wildman–Crippen LogP) is 2.68. The number of ether oxygens (including phenoxy) is 3. The topological polar surface area (TPSA) is 138 Å². The average Bonchev–Trinajstić information content (AvgIpc) is 2.92. The van der Waals surface area contributed by atoms with Crippen LogP contribution in [0.1, 0.15) is 16.3 Å². The molecule has 0 aliphatic carbocycles. The van der Waals surface area contributed by atoms with Crippen LogP contribution in [0.15, 0.2) is 54.6 Å². The third kappa shape index (κ3) is 5.26. The van der Waals surface area contributed by atoms with Crippen LogP contribution in [0.3, 0.4) is 0 Å². The highest BCUT2D eigenvalue weighted by Gasteiger charge is 2.19. The van der Waals surface area contributed by atoms with E-state index < -0.39 is 5.91 Å². The van der Waals surface area contributed by atoms with Gasteiger partial charge >= 0.3 is 0 Å². The zero-order valence-electron chi connectivity index (χ0n) is 19.7. The molecule has 11 heteroatoms. The number of anilines is 3. The van der Waals surface area contributed by atoms with Crippen molar-refractivity contribution >= 4 is 34.4 Å². The molecule has 5 rings (SSSR count). The minimum atomic E-state index is -0.522. The second kappa shape index (κ2) is 10.4. The quantitative estimate of drug-likeness (QED) is 0.400. The third-order valence-corrected chi connectivity index (χ3v) is 5.59. The van der Waals surface area contributed by atoms with E-state index in [1.807, 2.05) is 41.3 Å². The van der Waals surface area contributed by atoms with Gasteiger partial charge < -0.3 is 30.2 Å². The van der Waals surface area contributed by atoms with Crippen molar-refractivity contribution in [3.63, 3.8) is 0 Å². The van der Waals surface area contributed by atoms with Crippen molar-refractivity contribution in [2.24, 2.45) is 0 Å². The zero-order chi connectivity index (χ0) is 24.9. The third-order valence-electron chi connectivity index (χ3n) is 5.59. The maximum absolute atomic E-state index is 12.9. The van der Waals surface area contributed by atoms with Crippen LogP contribution in [-0.4, -0.2) is 59.3 Å². The number of nitrogens with two attached hydrogens (primary N) is 1. The van der Waals surface area contributed by atoms with Crippen LogP contribution in [0, 0.1) is 0 Å². The lowest BCUT2D eigenvalue weighted by Crippen LogP contribution is -2.38. The highest BCUT2D eigenvalue weighted by molar-refractivity contribution is 6.02. The lowest BCUT2D eigenvalue weighted by Gasteiger charge is -2.26. The normalized spacial score (nSPS) is 13.4. The first-order valence-corrected chi connectivity index (χ1v) is 11.4. The second-order valence-electron chi connectivity index (χ2n) is 8.02. The number of para-hydroxylation sites is 1. The molecule has 0 saturated carbocycles. The molecule has 1 saturated heterocycles. The minimum Gasteiger partial charge on any atom is -0.493 e. The standard InChI is InChI=1S/C25H25N7O4/c1-34-20-9-8-17(14-21(20)36-15-18-7-6-16-4-2-3-5-19(16)27-18)28-23(33)22-29-24(26)31-25(30-22)32-10-12-35-13-11-32/h2-9,14H,10-13,15H2,1H3,(H,28,33)(H2,26,29,30,31). The molecule has 1 fully saturated rings. The molecule has 0 unspecified atom stereocenters. The summed E-state index contributed by atoms with van der Waals surface area (Å²) >= 11 is 0. The molecule has 36 heavy (non-hydrogen) atoms. The molecule has 0 bridgehead atoms. The van der Waals surface area contributed by atoms with Gasteiger partial charge in [-0.3, -0.25) is 4.79 Å². The van der Waals surface area contributed by atoms with Gasteiger partial charge in [-0.1, -0.05) is 24.3 Å². The van der Waals surface area contributed by atoms with Crippen molar-refractivity contribution in [3.8, 4) is 11.5 Å². The van der Waals surface area contributed by atoms with Crippen LogP contribution in [-0.2, 0) is 11.3 Å². The van der Waals surface area contributed by atoms with Crippen molar-refractivity contribution in [2.45, 2.75) is 6.61 Å². The summed E-state index contributed by atoms with van der Waals surface area (Å²) in [5.74, 6) is 0.687. The van der Waals surface area contributed by atoms with Gasteiger partial charge in [0.1, 0.15) is 6.61 Å². The van der Waals surface area contributed by atoms with E-state index in [0.717, 1.165) is 16.6 Å². The summed E-state index contributed by atoms with van der Waals surface area (Å²) < 4.78 is 16.8. The molecule has 184 valence electrons. The first-order valence-electron chi connectivity index (χ1n) is 11.4. The van der Waals surface area contributed by atoms with Crippen molar-refractivity contribution in [1.29, 1.82) is 0 Å². The number of hydrogen-bond donors (Lipinski definition) is 2. The second-order valence-corrected chi connectivity index (χ2v) is 8.02. The number of nitrogens with one attached hydrogen (secondary N) is 1. The molecule has 1 amide bonds. The summed E-state index contributed by atoms with van der Waals surface area (Å²) in [7, 11) is 1.55. The van der Waals surface area contributed by atoms with Gasteiger partial charge in [0.05, 0.1) is 31.5 Å². The van der Waals surface area contributed by atoms with Gasteiger partial charge in [-0.25, -0.2) is 4.98 Å². The molecule has 11 nitrogen and oxygen atoms in total. The molecular formula is C25H25N7O4. The van der Waals surface area contributed by atoms with Gasteiger partial charge in [0, 0.05) is 30.2 Å². The Labute approximate surface area is 207 Å². The van der Waals surface area contributed by atoms with Gasteiger partial charge in [-0.2, -0.15) is 15.0 Å². The lowest BCUT2D eigenvalue weighted by molar-refractivity contribution is 0.101. The van der Waals surface area contributed by atoms with E-state index in [1.165, 1.54) is 0 Å². The highest BCUT2D eigenvalue weighted by Crippen LogP contribution is 2.31. The largest absolute Gasteiger partial charge is 0.493 e. The fraction of sp³-hybridized carbons (Fsp3) is 0.240. The summed E-state index contributed by atoms with van der Waals surface area (Å²) in [5, 5.41) is 3.84. The van der Waals surface area contributed by atoms with E-state index in [9.17, 15) is 4.79 Å². The Balaban J connectivity index is 1.31. The van der Waals surface area contributed by atoms with E-state index in [4.69, 9.17) is 19.9 Å². The fourth-order valence-corrected chi connectivity index (χ4v) is 3.78.